The lowest BCUT2D eigenvalue weighted by atomic mass is 10.0. The van der Waals surface area contributed by atoms with E-state index in [2.05, 4.69) is 26.2 Å². The SMILES string of the molecule is O=C(CCCOc1ccc(C(=O)c2cc(Cl)ccc2Br)cc1)Nc1cccnc1. The van der Waals surface area contributed by atoms with Crippen LogP contribution < -0.4 is 10.1 Å². The minimum absolute atomic E-state index is 0.0883. The summed E-state index contributed by atoms with van der Waals surface area (Å²) >= 11 is 9.36. The van der Waals surface area contributed by atoms with E-state index in [9.17, 15) is 9.59 Å². The van der Waals surface area contributed by atoms with E-state index in [0.717, 1.165) is 0 Å². The Morgan fingerprint density at radius 3 is 2.62 bits per heavy atom. The monoisotopic (exact) mass is 472 g/mol. The summed E-state index contributed by atoms with van der Waals surface area (Å²) in [6, 6.07) is 15.5. The highest BCUT2D eigenvalue weighted by atomic mass is 79.9. The average Bonchev–Trinajstić information content (AvgIpc) is 2.73. The number of carbonyl (C=O) groups is 2. The highest BCUT2D eigenvalue weighted by Crippen LogP contribution is 2.24. The van der Waals surface area contributed by atoms with Crippen LogP contribution in [-0.2, 0) is 4.79 Å². The van der Waals surface area contributed by atoms with Crippen molar-refractivity contribution >= 4 is 44.9 Å². The number of nitrogens with zero attached hydrogens (tertiary/aromatic N) is 1. The average molecular weight is 474 g/mol. The second kappa shape index (κ2) is 10.2. The summed E-state index contributed by atoms with van der Waals surface area (Å²) in [6.45, 7) is 0.396. The van der Waals surface area contributed by atoms with E-state index < -0.39 is 0 Å². The van der Waals surface area contributed by atoms with E-state index in [1.807, 2.05) is 0 Å². The molecule has 0 atom stereocenters. The normalized spacial score (nSPS) is 10.4. The summed E-state index contributed by atoms with van der Waals surface area (Å²) in [5.41, 5.74) is 1.71. The molecule has 1 amide bonds. The molecular weight excluding hydrogens is 456 g/mol. The Morgan fingerprint density at radius 2 is 1.90 bits per heavy atom. The van der Waals surface area contributed by atoms with Crippen molar-refractivity contribution in [2.45, 2.75) is 12.8 Å². The zero-order chi connectivity index (χ0) is 20.6. The number of rotatable bonds is 8. The molecule has 0 aliphatic rings. The van der Waals surface area contributed by atoms with Crippen molar-refractivity contribution in [2.75, 3.05) is 11.9 Å². The van der Waals surface area contributed by atoms with Gasteiger partial charge in [-0.25, -0.2) is 0 Å². The molecule has 0 radical (unpaired) electrons. The van der Waals surface area contributed by atoms with Crippen LogP contribution in [0.1, 0.15) is 28.8 Å². The molecule has 148 valence electrons. The third-order valence-corrected chi connectivity index (χ3v) is 4.98. The zero-order valence-corrected chi connectivity index (χ0v) is 17.7. The fraction of sp³-hybridized carbons (Fsp3) is 0.136. The molecule has 0 fully saturated rings. The lowest BCUT2D eigenvalue weighted by Gasteiger charge is -2.08. The van der Waals surface area contributed by atoms with Crippen LogP contribution in [0.5, 0.6) is 5.75 Å². The quantitative estimate of drug-likeness (QED) is 0.345. The minimum atomic E-state index is -0.127. The standard InChI is InChI=1S/C22H18BrClN2O3/c23-20-10-7-16(24)13-19(20)22(28)15-5-8-18(9-6-15)29-12-2-4-21(27)26-17-3-1-11-25-14-17/h1,3,5-11,13-14H,2,4,12H2,(H,26,27). The number of nitrogens with one attached hydrogen (secondary N) is 1. The van der Waals surface area contributed by atoms with Gasteiger partial charge in [0.2, 0.25) is 5.91 Å². The first-order valence-electron chi connectivity index (χ1n) is 8.95. The topological polar surface area (TPSA) is 68.3 Å². The maximum absolute atomic E-state index is 12.6. The van der Waals surface area contributed by atoms with Crippen LogP contribution in [0.4, 0.5) is 5.69 Å². The minimum Gasteiger partial charge on any atom is -0.494 e. The van der Waals surface area contributed by atoms with Gasteiger partial charge < -0.3 is 10.1 Å². The Kier molecular flexibility index (Phi) is 7.38. The van der Waals surface area contributed by atoms with Crippen LogP contribution in [0.3, 0.4) is 0 Å². The predicted molar refractivity (Wildman–Crippen MR) is 117 cm³/mol. The zero-order valence-electron chi connectivity index (χ0n) is 15.4. The molecule has 1 heterocycles. The number of ketones is 1. The number of carbonyl (C=O) groups excluding carboxylic acids is 2. The van der Waals surface area contributed by atoms with E-state index >= 15 is 0 Å². The molecule has 1 N–H and O–H groups in total. The van der Waals surface area contributed by atoms with Gasteiger partial charge in [0.05, 0.1) is 18.5 Å². The molecule has 1 aromatic heterocycles. The van der Waals surface area contributed by atoms with Gasteiger partial charge in [0.1, 0.15) is 5.75 Å². The number of ether oxygens (including phenoxy) is 1. The molecule has 0 aliphatic carbocycles. The Labute approximate surface area is 182 Å². The predicted octanol–water partition coefficient (Wildman–Crippen LogP) is 5.53. The van der Waals surface area contributed by atoms with E-state index in [0.29, 0.717) is 51.5 Å². The molecule has 29 heavy (non-hydrogen) atoms. The molecule has 0 saturated heterocycles. The van der Waals surface area contributed by atoms with E-state index in [4.69, 9.17) is 16.3 Å². The Bertz CT molecular complexity index is 995. The smallest absolute Gasteiger partial charge is 0.224 e. The van der Waals surface area contributed by atoms with Crippen molar-refractivity contribution in [3.8, 4) is 5.75 Å². The van der Waals surface area contributed by atoms with Gasteiger partial charge in [-0.1, -0.05) is 27.5 Å². The van der Waals surface area contributed by atoms with Gasteiger partial charge >= 0.3 is 0 Å². The molecule has 0 spiro atoms. The summed E-state index contributed by atoms with van der Waals surface area (Å²) in [5.74, 6) is 0.423. The molecule has 2 aromatic carbocycles. The molecule has 3 aromatic rings. The summed E-state index contributed by atoms with van der Waals surface area (Å²) in [5, 5.41) is 3.28. The third-order valence-electron chi connectivity index (χ3n) is 4.05. The van der Waals surface area contributed by atoms with Crippen LogP contribution in [0.25, 0.3) is 0 Å². The van der Waals surface area contributed by atoms with E-state index in [1.54, 1.807) is 67.0 Å². The number of hydrogen-bond acceptors (Lipinski definition) is 4. The molecule has 5 nitrogen and oxygen atoms in total. The first-order valence-corrected chi connectivity index (χ1v) is 10.1. The number of aromatic nitrogens is 1. The van der Waals surface area contributed by atoms with Crippen molar-refractivity contribution < 1.29 is 14.3 Å². The molecule has 0 saturated carbocycles. The molecule has 7 heteroatoms. The first kappa shape index (κ1) is 21.0. The Balaban J connectivity index is 1.47. The third kappa shape index (κ3) is 6.14. The van der Waals surface area contributed by atoms with Crippen molar-refractivity contribution in [3.05, 3.63) is 87.6 Å². The van der Waals surface area contributed by atoms with Crippen molar-refractivity contribution in [3.63, 3.8) is 0 Å². The maximum Gasteiger partial charge on any atom is 0.224 e. The second-order valence-electron chi connectivity index (χ2n) is 6.22. The highest BCUT2D eigenvalue weighted by Gasteiger charge is 2.13. The fourth-order valence-electron chi connectivity index (χ4n) is 2.61. The number of anilines is 1. The van der Waals surface area contributed by atoms with E-state index in [1.165, 1.54) is 0 Å². The largest absolute Gasteiger partial charge is 0.494 e. The molecular formula is C22H18BrClN2O3. The van der Waals surface area contributed by atoms with Crippen molar-refractivity contribution in [2.24, 2.45) is 0 Å². The van der Waals surface area contributed by atoms with E-state index in [-0.39, 0.29) is 11.7 Å². The number of benzene rings is 2. The highest BCUT2D eigenvalue weighted by molar-refractivity contribution is 9.10. The van der Waals surface area contributed by atoms with Gasteiger partial charge in [-0.05, 0) is 61.0 Å². The van der Waals surface area contributed by atoms with Gasteiger partial charge in [-0.15, -0.1) is 0 Å². The van der Waals surface area contributed by atoms with Crippen LogP contribution >= 0.6 is 27.5 Å². The summed E-state index contributed by atoms with van der Waals surface area (Å²) in [7, 11) is 0. The number of pyridine rings is 1. The fourth-order valence-corrected chi connectivity index (χ4v) is 3.21. The molecule has 0 bridgehead atoms. The first-order chi connectivity index (χ1) is 14.0. The van der Waals surface area contributed by atoms with Crippen molar-refractivity contribution in [1.29, 1.82) is 0 Å². The van der Waals surface area contributed by atoms with Crippen LogP contribution in [-0.4, -0.2) is 23.3 Å². The molecule has 0 unspecified atom stereocenters. The number of halogens is 2. The summed E-state index contributed by atoms with van der Waals surface area (Å²) in [4.78, 5) is 28.5. The molecule has 0 aliphatic heterocycles. The van der Waals surface area contributed by atoms with Gasteiger partial charge in [0.25, 0.3) is 0 Å². The number of hydrogen-bond donors (Lipinski definition) is 1. The Hall–Kier alpha value is -2.70. The van der Waals surface area contributed by atoms with Crippen LogP contribution in [0, 0.1) is 0 Å². The Morgan fingerprint density at radius 1 is 1.10 bits per heavy atom. The van der Waals surface area contributed by atoms with Crippen LogP contribution in [0.2, 0.25) is 5.02 Å². The van der Waals surface area contributed by atoms with Gasteiger partial charge in [0, 0.05) is 33.2 Å². The molecule has 3 rings (SSSR count). The lowest BCUT2D eigenvalue weighted by Crippen LogP contribution is -2.12. The van der Waals surface area contributed by atoms with Crippen LogP contribution in [0.15, 0.2) is 71.5 Å². The van der Waals surface area contributed by atoms with Gasteiger partial charge in [-0.2, -0.15) is 0 Å². The maximum atomic E-state index is 12.6. The van der Waals surface area contributed by atoms with Crippen molar-refractivity contribution in [1.82, 2.24) is 4.98 Å². The lowest BCUT2D eigenvalue weighted by molar-refractivity contribution is -0.116. The van der Waals surface area contributed by atoms with Gasteiger partial charge in [-0.3, -0.25) is 14.6 Å². The number of amides is 1. The van der Waals surface area contributed by atoms with Gasteiger partial charge in [0.15, 0.2) is 5.78 Å². The summed E-state index contributed by atoms with van der Waals surface area (Å²) in [6.07, 6.45) is 4.16. The second-order valence-corrected chi connectivity index (χ2v) is 7.51. The summed E-state index contributed by atoms with van der Waals surface area (Å²) < 4.78 is 6.35.